The van der Waals surface area contributed by atoms with Gasteiger partial charge in [0.15, 0.2) is 9.84 Å². The molecule has 220 valence electrons. The number of sulfone groups is 1. The van der Waals surface area contributed by atoms with Crippen LogP contribution in [0.2, 0.25) is 0 Å². The van der Waals surface area contributed by atoms with Gasteiger partial charge in [-0.15, -0.1) is 0 Å². The van der Waals surface area contributed by atoms with E-state index in [9.17, 15) is 31.5 Å². The topological polar surface area (TPSA) is 99.6 Å². The zero-order valence-corrected chi connectivity index (χ0v) is 23.9. The number of rotatable bonds is 9. The molecule has 1 fully saturated rings. The van der Waals surface area contributed by atoms with E-state index in [4.69, 9.17) is 0 Å². The SMILES string of the molecule is CCS(=O)(=O)c1ccc([C@@H](CO)NC(=O)c2cnc3c(c2)CN(CC2CCC(C(F)(F)F)CC2)C3C(C)C)cc1. The lowest BCUT2D eigenvalue weighted by atomic mass is 9.81. The van der Waals surface area contributed by atoms with Crippen LogP contribution in [0.15, 0.2) is 41.4 Å². The predicted molar refractivity (Wildman–Crippen MR) is 145 cm³/mol. The number of halogens is 3. The van der Waals surface area contributed by atoms with Crippen molar-refractivity contribution in [3.8, 4) is 0 Å². The number of pyridine rings is 1. The van der Waals surface area contributed by atoms with Gasteiger partial charge in [0, 0.05) is 19.3 Å². The van der Waals surface area contributed by atoms with Crippen molar-refractivity contribution in [1.29, 1.82) is 0 Å². The Morgan fingerprint density at radius 1 is 1.15 bits per heavy atom. The number of carbonyl (C=O) groups is 1. The molecule has 0 radical (unpaired) electrons. The fourth-order valence-corrected chi connectivity index (χ4v) is 6.88. The first-order chi connectivity index (χ1) is 18.8. The van der Waals surface area contributed by atoms with Gasteiger partial charge in [-0.3, -0.25) is 14.7 Å². The molecule has 11 heteroatoms. The van der Waals surface area contributed by atoms with E-state index in [-0.39, 0.29) is 48.0 Å². The Morgan fingerprint density at radius 2 is 1.80 bits per heavy atom. The molecule has 0 bridgehead atoms. The van der Waals surface area contributed by atoms with Gasteiger partial charge in [-0.1, -0.05) is 32.9 Å². The molecule has 4 rings (SSSR count). The van der Waals surface area contributed by atoms with E-state index < -0.39 is 33.9 Å². The third-order valence-electron chi connectivity index (χ3n) is 8.25. The highest BCUT2D eigenvalue weighted by atomic mass is 32.2. The Bertz CT molecular complexity index is 1290. The van der Waals surface area contributed by atoms with Gasteiger partial charge in [0.05, 0.1) is 46.5 Å². The summed E-state index contributed by atoms with van der Waals surface area (Å²) >= 11 is 0. The van der Waals surface area contributed by atoms with Gasteiger partial charge >= 0.3 is 6.18 Å². The van der Waals surface area contributed by atoms with Crippen LogP contribution in [-0.4, -0.2) is 54.4 Å². The van der Waals surface area contributed by atoms with Crippen LogP contribution in [0, 0.1) is 17.8 Å². The number of alkyl halides is 3. The van der Waals surface area contributed by atoms with Crippen LogP contribution in [0.4, 0.5) is 13.2 Å². The minimum atomic E-state index is -4.12. The van der Waals surface area contributed by atoms with Crippen molar-refractivity contribution in [2.75, 3.05) is 18.9 Å². The molecule has 0 spiro atoms. The molecule has 2 heterocycles. The summed E-state index contributed by atoms with van der Waals surface area (Å²) in [4.78, 5) is 20.2. The van der Waals surface area contributed by atoms with Crippen LogP contribution in [0.3, 0.4) is 0 Å². The number of nitrogens with one attached hydrogen (secondary N) is 1. The Labute approximate surface area is 234 Å². The molecule has 1 aliphatic heterocycles. The van der Waals surface area contributed by atoms with Gasteiger partial charge in [-0.2, -0.15) is 13.2 Å². The number of nitrogens with zero attached hydrogens (tertiary/aromatic N) is 2. The predicted octanol–water partition coefficient (Wildman–Crippen LogP) is 5.22. The van der Waals surface area contributed by atoms with Crippen molar-refractivity contribution in [1.82, 2.24) is 15.2 Å². The molecule has 0 saturated heterocycles. The van der Waals surface area contributed by atoms with E-state index in [1.807, 2.05) is 0 Å². The van der Waals surface area contributed by atoms with E-state index >= 15 is 0 Å². The van der Waals surface area contributed by atoms with Crippen molar-refractivity contribution in [2.45, 2.75) is 76.2 Å². The number of hydrogen-bond acceptors (Lipinski definition) is 6. The molecule has 7 nitrogen and oxygen atoms in total. The maximum atomic E-state index is 13.1. The number of amides is 1. The maximum Gasteiger partial charge on any atom is 0.391 e. The number of aliphatic hydroxyl groups excluding tert-OH is 1. The Morgan fingerprint density at radius 3 is 2.35 bits per heavy atom. The quantitative estimate of drug-likeness (QED) is 0.421. The van der Waals surface area contributed by atoms with E-state index in [2.05, 4.69) is 29.0 Å². The van der Waals surface area contributed by atoms with Crippen LogP contribution >= 0.6 is 0 Å². The van der Waals surface area contributed by atoms with Crippen molar-refractivity contribution in [3.05, 3.63) is 58.9 Å². The van der Waals surface area contributed by atoms with Crippen LogP contribution in [0.25, 0.3) is 0 Å². The Balaban J connectivity index is 1.44. The summed E-state index contributed by atoms with van der Waals surface area (Å²) in [6, 6.07) is 7.20. The van der Waals surface area contributed by atoms with Gasteiger partial charge < -0.3 is 10.4 Å². The first-order valence-electron chi connectivity index (χ1n) is 13.9. The fraction of sp³-hybridized carbons (Fsp3) is 0.586. The fourth-order valence-electron chi connectivity index (χ4n) is 6.00. The maximum absolute atomic E-state index is 13.1. The van der Waals surface area contributed by atoms with Crippen molar-refractivity contribution in [3.63, 3.8) is 0 Å². The van der Waals surface area contributed by atoms with Crippen LogP contribution < -0.4 is 5.32 Å². The largest absolute Gasteiger partial charge is 0.394 e. The highest BCUT2D eigenvalue weighted by molar-refractivity contribution is 7.91. The van der Waals surface area contributed by atoms with E-state index in [0.717, 1.165) is 11.3 Å². The average molecular weight is 582 g/mol. The Kier molecular flexibility index (Phi) is 9.26. The van der Waals surface area contributed by atoms with Gasteiger partial charge in [-0.25, -0.2) is 8.42 Å². The molecular formula is C29H38F3N3O4S. The van der Waals surface area contributed by atoms with E-state index in [1.165, 1.54) is 18.3 Å². The first-order valence-corrected chi connectivity index (χ1v) is 15.5. The molecule has 2 N–H and O–H groups in total. The first kappa shape index (κ1) is 30.5. The molecule has 1 amide bonds. The van der Waals surface area contributed by atoms with Gasteiger partial charge in [0.1, 0.15) is 0 Å². The highest BCUT2D eigenvalue weighted by Gasteiger charge is 2.42. The summed E-state index contributed by atoms with van der Waals surface area (Å²) in [5.74, 6) is -1.21. The zero-order chi connectivity index (χ0) is 29.2. The van der Waals surface area contributed by atoms with Gasteiger partial charge in [-0.05, 0) is 66.8 Å². The summed E-state index contributed by atoms with van der Waals surface area (Å²) in [6.45, 7) is 6.65. The van der Waals surface area contributed by atoms with Gasteiger partial charge in [0.25, 0.3) is 5.91 Å². The third-order valence-corrected chi connectivity index (χ3v) is 10.0. The smallest absolute Gasteiger partial charge is 0.391 e. The normalized spacial score (nSPS) is 22.8. The minimum absolute atomic E-state index is 0.0217. The molecule has 40 heavy (non-hydrogen) atoms. The summed E-state index contributed by atoms with van der Waals surface area (Å²) in [6.07, 6.45) is -1.15. The monoisotopic (exact) mass is 581 g/mol. The zero-order valence-electron chi connectivity index (χ0n) is 23.1. The van der Waals surface area contributed by atoms with E-state index in [0.29, 0.717) is 37.1 Å². The van der Waals surface area contributed by atoms with Crippen LogP contribution in [-0.2, 0) is 16.4 Å². The molecular weight excluding hydrogens is 543 g/mol. The van der Waals surface area contributed by atoms with Crippen LogP contribution in [0.5, 0.6) is 0 Å². The number of fused-ring (bicyclic) bond motifs is 1. The molecule has 2 atom stereocenters. The third kappa shape index (κ3) is 6.69. The second-order valence-electron chi connectivity index (χ2n) is 11.3. The van der Waals surface area contributed by atoms with Gasteiger partial charge in [0.2, 0.25) is 0 Å². The highest BCUT2D eigenvalue weighted by Crippen LogP contribution is 2.43. The number of aliphatic hydroxyl groups is 1. The molecule has 1 aromatic carbocycles. The van der Waals surface area contributed by atoms with Crippen molar-refractivity contribution >= 4 is 15.7 Å². The Hall–Kier alpha value is -2.50. The van der Waals surface area contributed by atoms with Crippen LogP contribution in [0.1, 0.15) is 85.7 Å². The van der Waals surface area contributed by atoms with Crippen molar-refractivity contribution in [2.24, 2.45) is 17.8 Å². The lowest BCUT2D eigenvalue weighted by Gasteiger charge is -2.35. The molecule has 1 unspecified atom stereocenters. The summed E-state index contributed by atoms with van der Waals surface area (Å²) in [7, 11) is -3.36. The molecule has 1 saturated carbocycles. The summed E-state index contributed by atoms with van der Waals surface area (Å²) < 4.78 is 63.5. The molecule has 2 aliphatic rings. The minimum Gasteiger partial charge on any atom is -0.394 e. The molecule has 1 aliphatic carbocycles. The second kappa shape index (κ2) is 12.2. The number of hydrogen-bond donors (Lipinski definition) is 2. The molecule has 2 aromatic rings. The molecule has 1 aromatic heterocycles. The lowest BCUT2D eigenvalue weighted by Crippen LogP contribution is -2.35. The second-order valence-corrected chi connectivity index (χ2v) is 13.6. The average Bonchev–Trinajstić information content (AvgIpc) is 3.28. The summed E-state index contributed by atoms with van der Waals surface area (Å²) in [5.41, 5.74) is 2.73. The standard InChI is InChI=1S/C29H38F3N3O4S/c1-4-40(38,39)24-11-7-20(8-12-24)25(17-36)34-28(37)21-13-22-16-35(27(18(2)3)26(22)33-14-21)15-19-5-9-23(10-6-19)29(30,31)32/h7-8,11-14,18-19,23,25,27,36H,4-6,9-10,15-17H2,1-3H3,(H,34,37)/t19?,23?,25-,27?/m1/s1. The summed E-state index contributed by atoms with van der Waals surface area (Å²) in [5, 5.41) is 12.7. The lowest BCUT2D eigenvalue weighted by molar-refractivity contribution is -0.184. The number of benzene rings is 1. The number of carbonyl (C=O) groups excluding carboxylic acids is 1. The number of aromatic nitrogens is 1. The van der Waals surface area contributed by atoms with Crippen molar-refractivity contribution < 1.29 is 31.5 Å². The van der Waals surface area contributed by atoms with E-state index in [1.54, 1.807) is 25.1 Å².